The van der Waals surface area contributed by atoms with E-state index >= 15 is 0 Å². The molecule has 8 nitrogen and oxygen atoms in total. The van der Waals surface area contributed by atoms with E-state index in [-0.39, 0.29) is 17.9 Å². The molecule has 2 unspecified atom stereocenters. The third-order valence-electron chi connectivity index (χ3n) is 8.18. The minimum absolute atomic E-state index is 0.0816. The van der Waals surface area contributed by atoms with Gasteiger partial charge in [-0.25, -0.2) is 9.66 Å². The van der Waals surface area contributed by atoms with Crippen molar-refractivity contribution in [1.29, 1.82) is 0 Å². The monoisotopic (exact) mass is 497 g/mol. The van der Waals surface area contributed by atoms with E-state index in [0.29, 0.717) is 11.5 Å². The Morgan fingerprint density at radius 2 is 1.78 bits per heavy atom. The average molecular weight is 498 g/mol. The SMILES string of the molecule is NC1CCC(C2(N)C=C(Nc3ccc(C(=O)N4CCC(c5ccccc5)C4)cc3)c3nccn3N2)CC1. The molecule has 192 valence electrons. The van der Waals surface area contributed by atoms with Crippen LogP contribution in [0.25, 0.3) is 5.70 Å². The Morgan fingerprint density at radius 1 is 1.03 bits per heavy atom. The fourth-order valence-corrected chi connectivity index (χ4v) is 6.01. The highest BCUT2D eigenvalue weighted by atomic mass is 16.2. The van der Waals surface area contributed by atoms with Crippen molar-refractivity contribution in [2.45, 2.75) is 49.7 Å². The summed E-state index contributed by atoms with van der Waals surface area (Å²) in [4.78, 5) is 19.7. The van der Waals surface area contributed by atoms with Crippen molar-refractivity contribution in [2.75, 3.05) is 23.8 Å². The van der Waals surface area contributed by atoms with Crippen molar-refractivity contribution in [3.63, 3.8) is 0 Å². The fraction of sp³-hybridized carbons (Fsp3) is 0.379. The molecular weight excluding hydrogens is 462 g/mol. The lowest BCUT2D eigenvalue weighted by atomic mass is 9.78. The van der Waals surface area contributed by atoms with Crippen LogP contribution in [0.4, 0.5) is 5.69 Å². The smallest absolute Gasteiger partial charge is 0.253 e. The van der Waals surface area contributed by atoms with Gasteiger partial charge in [-0.2, -0.15) is 0 Å². The molecule has 3 aromatic rings. The summed E-state index contributed by atoms with van der Waals surface area (Å²) in [7, 11) is 0. The normalized spacial score (nSPS) is 27.2. The zero-order valence-corrected chi connectivity index (χ0v) is 21.0. The number of nitrogens with two attached hydrogens (primary N) is 2. The average Bonchev–Trinajstić information content (AvgIpc) is 3.60. The zero-order valence-electron chi connectivity index (χ0n) is 21.0. The minimum Gasteiger partial charge on any atom is -0.353 e. The molecule has 2 aliphatic heterocycles. The molecule has 1 aliphatic carbocycles. The summed E-state index contributed by atoms with van der Waals surface area (Å²) >= 11 is 0. The molecular formula is C29H35N7O. The summed E-state index contributed by atoms with van der Waals surface area (Å²) in [5, 5.41) is 3.50. The molecule has 1 saturated heterocycles. The molecule has 1 amide bonds. The second kappa shape index (κ2) is 9.68. The first kappa shape index (κ1) is 23.8. The highest BCUT2D eigenvalue weighted by molar-refractivity contribution is 5.95. The van der Waals surface area contributed by atoms with E-state index < -0.39 is 5.66 Å². The topological polar surface area (TPSA) is 114 Å². The second-order valence-corrected chi connectivity index (χ2v) is 10.7. The van der Waals surface area contributed by atoms with Gasteiger partial charge in [-0.3, -0.25) is 4.79 Å². The van der Waals surface area contributed by atoms with Crippen LogP contribution in [0.5, 0.6) is 0 Å². The molecule has 0 spiro atoms. The third-order valence-corrected chi connectivity index (χ3v) is 8.18. The van der Waals surface area contributed by atoms with Gasteiger partial charge < -0.3 is 27.1 Å². The Labute approximate surface area is 217 Å². The van der Waals surface area contributed by atoms with Crippen molar-refractivity contribution in [2.24, 2.45) is 17.4 Å². The molecule has 37 heavy (non-hydrogen) atoms. The van der Waals surface area contributed by atoms with Gasteiger partial charge in [-0.15, -0.1) is 0 Å². The van der Waals surface area contributed by atoms with Gasteiger partial charge in [0, 0.05) is 54.6 Å². The van der Waals surface area contributed by atoms with E-state index in [4.69, 9.17) is 11.5 Å². The number of rotatable bonds is 5. The lowest BCUT2D eigenvalue weighted by Crippen LogP contribution is -2.58. The van der Waals surface area contributed by atoms with Crippen molar-refractivity contribution in [3.05, 3.63) is 90.0 Å². The Hall–Kier alpha value is -3.62. The van der Waals surface area contributed by atoms with Crippen molar-refractivity contribution >= 4 is 17.3 Å². The number of likely N-dealkylation sites (tertiary alicyclic amines) is 1. The van der Waals surface area contributed by atoms with Gasteiger partial charge in [0.1, 0.15) is 5.66 Å². The Bertz CT molecular complexity index is 1280. The van der Waals surface area contributed by atoms with Crippen LogP contribution >= 0.6 is 0 Å². The maximum absolute atomic E-state index is 13.2. The zero-order chi connectivity index (χ0) is 25.4. The Morgan fingerprint density at radius 3 is 2.54 bits per heavy atom. The number of hydrogen-bond acceptors (Lipinski definition) is 6. The van der Waals surface area contributed by atoms with Crippen LogP contribution in [0.15, 0.2) is 73.1 Å². The van der Waals surface area contributed by atoms with Crippen LogP contribution in [0.1, 0.15) is 59.8 Å². The van der Waals surface area contributed by atoms with Crippen LogP contribution in [-0.2, 0) is 0 Å². The fourth-order valence-electron chi connectivity index (χ4n) is 6.01. The third kappa shape index (κ3) is 4.74. The minimum atomic E-state index is -0.697. The molecule has 0 bridgehead atoms. The summed E-state index contributed by atoms with van der Waals surface area (Å²) in [6, 6.07) is 18.4. The second-order valence-electron chi connectivity index (χ2n) is 10.7. The Kier molecular flexibility index (Phi) is 6.22. The lowest BCUT2D eigenvalue weighted by Gasteiger charge is -2.42. The first-order valence-corrected chi connectivity index (χ1v) is 13.3. The van der Waals surface area contributed by atoms with Gasteiger partial charge in [-0.1, -0.05) is 30.3 Å². The number of aromatic nitrogens is 2. The molecule has 2 atom stereocenters. The standard InChI is InChI=1S/C29H35N7O/c30-24-10-8-23(9-11-24)29(31)18-26(27-32-15-17-36(27)34-29)33-25-12-6-21(7-13-25)28(37)35-16-14-22(19-35)20-4-2-1-3-5-20/h1-7,12-13,15,17-18,22-24,33-34H,8-11,14,16,19,30-31H2. The van der Waals surface area contributed by atoms with Gasteiger partial charge in [-0.05, 0) is 68.0 Å². The molecule has 3 heterocycles. The van der Waals surface area contributed by atoms with Crippen LogP contribution in [0.2, 0.25) is 0 Å². The summed E-state index contributed by atoms with van der Waals surface area (Å²) in [5.41, 5.74) is 19.5. The van der Waals surface area contributed by atoms with Gasteiger partial charge in [0.2, 0.25) is 0 Å². The quantitative estimate of drug-likeness (QED) is 0.427. The van der Waals surface area contributed by atoms with Crippen molar-refractivity contribution in [1.82, 2.24) is 14.6 Å². The predicted octanol–water partition coefficient (Wildman–Crippen LogP) is 3.70. The van der Waals surface area contributed by atoms with E-state index in [0.717, 1.165) is 62.4 Å². The number of anilines is 1. The lowest BCUT2D eigenvalue weighted by molar-refractivity contribution is 0.0791. The number of carbonyl (C=O) groups excluding carboxylic acids is 1. The van der Waals surface area contributed by atoms with Crippen molar-refractivity contribution in [3.8, 4) is 0 Å². The summed E-state index contributed by atoms with van der Waals surface area (Å²) < 4.78 is 1.89. The number of nitrogens with one attached hydrogen (secondary N) is 2. The van der Waals surface area contributed by atoms with Crippen LogP contribution in [0, 0.1) is 5.92 Å². The molecule has 6 rings (SSSR count). The molecule has 0 radical (unpaired) electrons. The van der Waals surface area contributed by atoms with Gasteiger partial charge in [0.25, 0.3) is 5.91 Å². The molecule has 1 aromatic heterocycles. The molecule has 1 saturated carbocycles. The predicted molar refractivity (Wildman–Crippen MR) is 146 cm³/mol. The number of hydrogen-bond donors (Lipinski definition) is 4. The number of nitrogens with zero attached hydrogens (tertiary/aromatic N) is 3. The maximum Gasteiger partial charge on any atom is 0.253 e. The largest absolute Gasteiger partial charge is 0.353 e. The van der Waals surface area contributed by atoms with Crippen LogP contribution < -0.4 is 22.2 Å². The molecule has 6 N–H and O–H groups in total. The number of amides is 1. The number of benzene rings is 2. The first-order valence-electron chi connectivity index (χ1n) is 13.3. The number of carbonyl (C=O) groups is 1. The molecule has 2 fully saturated rings. The van der Waals surface area contributed by atoms with Crippen LogP contribution in [-0.4, -0.2) is 45.3 Å². The van der Waals surface area contributed by atoms with Crippen LogP contribution in [0.3, 0.4) is 0 Å². The summed E-state index contributed by atoms with van der Waals surface area (Å²) in [5.74, 6) is 1.54. The van der Waals surface area contributed by atoms with Gasteiger partial charge in [0.05, 0.1) is 5.70 Å². The maximum atomic E-state index is 13.2. The molecule has 2 aromatic carbocycles. The highest BCUT2D eigenvalue weighted by Crippen LogP contribution is 2.35. The molecule has 8 heteroatoms. The van der Waals surface area contributed by atoms with E-state index in [9.17, 15) is 4.79 Å². The molecule has 3 aliphatic rings. The van der Waals surface area contributed by atoms with E-state index in [2.05, 4.69) is 46.1 Å². The van der Waals surface area contributed by atoms with E-state index in [1.54, 1.807) is 6.20 Å². The van der Waals surface area contributed by atoms with Gasteiger partial charge in [0.15, 0.2) is 5.82 Å². The number of fused-ring (bicyclic) bond motifs is 1. The van der Waals surface area contributed by atoms with Crippen molar-refractivity contribution < 1.29 is 4.79 Å². The van der Waals surface area contributed by atoms with E-state index in [1.807, 2.05) is 46.1 Å². The highest BCUT2D eigenvalue weighted by Gasteiger charge is 2.39. The van der Waals surface area contributed by atoms with E-state index in [1.165, 1.54) is 5.56 Å². The first-order chi connectivity index (χ1) is 18.0. The summed E-state index contributed by atoms with van der Waals surface area (Å²) in [6.45, 7) is 1.54. The summed E-state index contributed by atoms with van der Waals surface area (Å²) in [6.07, 6.45) is 10.6. The number of imidazole rings is 1. The van der Waals surface area contributed by atoms with Gasteiger partial charge >= 0.3 is 0 Å². The Balaban J connectivity index is 1.16.